The predicted molar refractivity (Wildman–Crippen MR) is 107 cm³/mol. The lowest BCUT2D eigenvalue weighted by Crippen LogP contribution is -2.07. The van der Waals surface area contributed by atoms with Gasteiger partial charge in [0, 0.05) is 29.2 Å². The van der Waals surface area contributed by atoms with Gasteiger partial charge in [0.05, 0.1) is 6.61 Å². The van der Waals surface area contributed by atoms with Crippen LogP contribution in [0.2, 0.25) is 0 Å². The summed E-state index contributed by atoms with van der Waals surface area (Å²) in [5.41, 5.74) is 3.11. The highest BCUT2D eigenvalue weighted by Crippen LogP contribution is 2.24. The SMILES string of the molecule is CCCCOC(=O)/C(C#N)=C/c1cn(Cc2ccccc2)c2ccccc12. The molecule has 3 aromatic rings. The van der Waals surface area contributed by atoms with E-state index >= 15 is 0 Å². The normalized spacial score (nSPS) is 11.3. The van der Waals surface area contributed by atoms with Crippen molar-refractivity contribution in [2.24, 2.45) is 0 Å². The zero-order valence-corrected chi connectivity index (χ0v) is 15.4. The monoisotopic (exact) mass is 358 g/mol. The number of esters is 1. The molecule has 4 heteroatoms. The topological polar surface area (TPSA) is 55.0 Å². The second-order valence-corrected chi connectivity index (χ2v) is 6.37. The van der Waals surface area contributed by atoms with Gasteiger partial charge in [-0.2, -0.15) is 5.26 Å². The Balaban J connectivity index is 1.94. The molecule has 0 aliphatic carbocycles. The maximum absolute atomic E-state index is 12.2. The molecule has 0 fully saturated rings. The molecule has 2 aromatic carbocycles. The van der Waals surface area contributed by atoms with Crippen LogP contribution in [-0.4, -0.2) is 17.1 Å². The first-order valence-corrected chi connectivity index (χ1v) is 9.13. The van der Waals surface area contributed by atoms with Crippen LogP contribution in [0, 0.1) is 11.3 Å². The van der Waals surface area contributed by atoms with Crippen molar-refractivity contribution in [3.05, 3.63) is 77.5 Å². The van der Waals surface area contributed by atoms with Gasteiger partial charge in [0.1, 0.15) is 11.6 Å². The summed E-state index contributed by atoms with van der Waals surface area (Å²) in [7, 11) is 0. The second-order valence-electron chi connectivity index (χ2n) is 6.37. The van der Waals surface area contributed by atoms with Crippen molar-refractivity contribution in [1.82, 2.24) is 4.57 Å². The summed E-state index contributed by atoms with van der Waals surface area (Å²) >= 11 is 0. The molecule has 0 unspecified atom stereocenters. The Morgan fingerprint density at radius 1 is 1.15 bits per heavy atom. The molecule has 1 aromatic heterocycles. The van der Waals surface area contributed by atoms with Crippen LogP contribution in [0.15, 0.2) is 66.4 Å². The maximum Gasteiger partial charge on any atom is 0.348 e. The van der Waals surface area contributed by atoms with E-state index in [1.54, 1.807) is 6.08 Å². The van der Waals surface area contributed by atoms with Gasteiger partial charge in [-0.05, 0) is 24.1 Å². The number of nitrogens with zero attached hydrogens (tertiary/aromatic N) is 2. The van der Waals surface area contributed by atoms with Gasteiger partial charge in [-0.15, -0.1) is 0 Å². The first kappa shape index (κ1) is 18.5. The van der Waals surface area contributed by atoms with E-state index in [0.717, 1.165) is 35.9 Å². The van der Waals surface area contributed by atoms with Crippen LogP contribution in [0.1, 0.15) is 30.9 Å². The first-order chi connectivity index (χ1) is 13.2. The Labute approximate surface area is 159 Å². The number of hydrogen-bond acceptors (Lipinski definition) is 3. The molecule has 4 nitrogen and oxygen atoms in total. The molecule has 0 aliphatic heterocycles. The Bertz CT molecular complexity index is 994. The van der Waals surface area contributed by atoms with Crippen LogP contribution in [0.3, 0.4) is 0 Å². The number of carbonyl (C=O) groups excluding carboxylic acids is 1. The van der Waals surface area contributed by atoms with E-state index in [1.165, 1.54) is 5.56 Å². The predicted octanol–water partition coefficient (Wildman–Crippen LogP) is 4.94. The minimum atomic E-state index is -0.564. The smallest absolute Gasteiger partial charge is 0.348 e. The molecule has 0 bridgehead atoms. The molecule has 0 atom stereocenters. The van der Waals surface area contributed by atoms with Crippen LogP contribution >= 0.6 is 0 Å². The molecule has 1 heterocycles. The summed E-state index contributed by atoms with van der Waals surface area (Å²) in [6, 6.07) is 20.2. The van der Waals surface area contributed by atoms with Gasteiger partial charge in [-0.25, -0.2) is 4.79 Å². The summed E-state index contributed by atoms with van der Waals surface area (Å²) in [6.07, 6.45) is 5.33. The van der Waals surface area contributed by atoms with E-state index in [-0.39, 0.29) is 5.57 Å². The van der Waals surface area contributed by atoms with Crippen molar-refractivity contribution in [3.63, 3.8) is 0 Å². The third kappa shape index (κ3) is 4.45. The summed E-state index contributed by atoms with van der Waals surface area (Å²) < 4.78 is 7.32. The van der Waals surface area contributed by atoms with Crippen molar-refractivity contribution in [2.45, 2.75) is 26.3 Å². The van der Waals surface area contributed by atoms with E-state index in [2.05, 4.69) is 16.7 Å². The molecule has 0 aliphatic rings. The number of unbranched alkanes of at least 4 members (excludes halogenated alkanes) is 1. The number of carbonyl (C=O) groups is 1. The Morgan fingerprint density at radius 3 is 2.63 bits per heavy atom. The average molecular weight is 358 g/mol. The Kier molecular flexibility index (Phi) is 6.06. The van der Waals surface area contributed by atoms with Gasteiger partial charge in [-0.1, -0.05) is 61.9 Å². The van der Waals surface area contributed by atoms with Crippen molar-refractivity contribution >= 4 is 22.9 Å². The minimum absolute atomic E-state index is 0.0220. The first-order valence-electron chi connectivity index (χ1n) is 9.13. The highest BCUT2D eigenvalue weighted by molar-refractivity contribution is 6.01. The van der Waals surface area contributed by atoms with Gasteiger partial charge in [-0.3, -0.25) is 0 Å². The van der Waals surface area contributed by atoms with Gasteiger partial charge in [0.25, 0.3) is 0 Å². The molecule has 0 saturated carbocycles. The van der Waals surface area contributed by atoms with Gasteiger partial charge in [0.2, 0.25) is 0 Å². The number of ether oxygens (including phenoxy) is 1. The summed E-state index contributed by atoms with van der Waals surface area (Å²) in [6.45, 7) is 3.08. The number of para-hydroxylation sites is 1. The standard InChI is InChI=1S/C23H22N2O2/c1-2-3-13-27-23(26)19(15-24)14-20-17-25(16-18-9-5-4-6-10-18)22-12-8-7-11-21(20)22/h4-12,14,17H,2-3,13,16H2,1H3/b19-14+. The van der Waals surface area contributed by atoms with Crippen LogP contribution in [0.4, 0.5) is 0 Å². The van der Waals surface area contributed by atoms with Crippen molar-refractivity contribution in [2.75, 3.05) is 6.61 Å². The second kappa shape index (κ2) is 8.86. The van der Waals surface area contributed by atoms with E-state index < -0.39 is 5.97 Å². The van der Waals surface area contributed by atoms with E-state index in [0.29, 0.717) is 6.61 Å². The van der Waals surface area contributed by atoms with Crippen LogP contribution < -0.4 is 0 Å². The summed E-state index contributed by atoms with van der Waals surface area (Å²) in [5, 5.41) is 10.4. The van der Waals surface area contributed by atoms with Crippen molar-refractivity contribution in [1.29, 1.82) is 5.26 Å². The third-order valence-electron chi connectivity index (χ3n) is 4.39. The molecule has 3 rings (SSSR count). The molecular formula is C23H22N2O2. The molecule has 0 N–H and O–H groups in total. The minimum Gasteiger partial charge on any atom is -0.462 e. The van der Waals surface area contributed by atoms with Crippen molar-refractivity contribution < 1.29 is 9.53 Å². The fourth-order valence-corrected chi connectivity index (χ4v) is 2.98. The molecule has 0 amide bonds. The van der Waals surface area contributed by atoms with Crippen molar-refractivity contribution in [3.8, 4) is 6.07 Å². The number of fused-ring (bicyclic) bond motifs is 1. The molecule has 27 heavy (non-hydrogen) atoms. The maximum atomic E-state index is 12.2. The van der Waals surface area contributed by atoms with Crippen LogP contribution in [0.5, 0.6) is 0 Å². The molecule has 0 saturated heterocycles. The average Bonchev–Trinajstić information content (AvgIpc) is 3.04. The largest absolute Gasteiger partial charge is 0.462 e. The summed E-state index contributed by atoms with van der Waals surface area (Å²) in [4.78, 5) is 12.2. The van der Waals surface area contributed by atoms with Crippen LogP contribution in [0.25, 0.3) is 17.0 Å². The Morgan fingerprint density at radius 2 is 1.89 bits per heavy atom. The number of benzene rings is 2. The quantitative estimate of drug-likeness (QED) is 0.260. The lowest BCUT2D eigenvalue weighted by Gasteiger charge is -2.05. The molecule has 0 spiro atoms. The highest BCUT2D eigenvalue weighted by atomic mass is 16.5. The fourth-order valence-electron chi connectivity index (χ4n) is 2.98. The van der Waals surface area contributed by atoms with Gasteiger partial charge < -0.3 is 9.30 Å². The fraction of sp³-hybridized carbons (Fsp3) is 0.217. The zero-order chi connectivity index (χ0) is 19.1. The lowest BCUT2D eigenvalue weighted by molar-refractivity contribution is -0.138. The highest BCUT2D eigenvalue weighted by Gasteiger charge is 2.13. The van der Waals surface area contributed by atoms with E-state index in [9.17, 15) is 10.1 Å². The van der Waals surface area contributed by atoms with Gasteiger partial charge in [0.15, 0.2) is 0 Å². The van der Waals surface area contributed by atoms with Gasteiger partial charge >= 0.3 is 5.97 Å². The summed E-state index contributed by atoms with van der Waals surface area (Å²) in [5.74, 6) is -0.564. The molecule has 136 valence electrons. The zero-order valence-electron chi connectivity index (χ0n) is 15.4. The van der Waals surface area contributed by atoms with Crippen LogP contribution in [-0.2, 0) is 16.1 Å². The Hall–Kier alpha value is -3.32. The number of rotatable bonds is 7. The van der Waals surface area contributed by atoms with E-state index in [4.69, 9.17) is 4.74 Å². The number of nitriles is 1. The third-order valence-corrected chi connectivity index (χ3v) is 4.39. The lowest BCUT2D eigenvalue weighted by atomic mass is 10.1. The number of hydrogen-bond donors (Lipinski definition) is 0. The molecular weight excluding hydrogens is 336 g/mol. The van der Waals surface area contributed by atoms with E-state index in [1.807, 2.05) is 61.7 Å². The number of aromatic nitrogens is 1. The molecule has 0 radical (unpaired) electrons.